The van der Waals surface area contributed by atoms with Gasteiger partial charge in [0.05, 0.1) is 29.6 Å². The number of nitrogens with one attached hydrogen (secondary N) is 1. The van der Waals surface area contributed by atoms with Gasteiger partial charge in [0.25, 0.3) is 5.56 Å². The summed E-state index contributed by atoms with van der Waals surface area (Å²) in [6.07, 6.45) is 0. The molecule has 5 aromatic rings. The van der Waals surface area contributed by atoms with Crippen molar-refractivity contribution in [2.24, 2.45) is 5.73 Å². The highest BCUT2D eigenvalue weighted by atomic mass is 16.5. The Hall–Kier alpha value is -4.16. The molecule has 0 spiro atoms. The van der Waals surface area contributed by atoms with E-state index in [1.54, 1.807) is 7.11 Å². The average Bonchev–Trinajstić information content (AvgIpc) is 3.25. The second kappa shape index (κ2) is 8.17. The van der Waals surface area contributed by atoms with Gasteiger partial charge in [0, 0.05) is 12.1 Å². The molecule has 0 unspecified atom stereocenters. The summed E-state index contributed by atoms with van der Waals surface area (Å²) in [5, 5.41) is 3.31. The van der Waals surface area contributed by atoms with E-state index in [1.807, 2.05) is 84.9 Å². The first-order valence-corrected chi connectivity index (χ1v) is 10.3. The van der Waals surface area contributed by atoms with Crippen LogP contribution in [0.2, 0.25) is 0 Å². The maximum Gasteiger partial charge on any atom is 0.280 e. The Bertz CT molecular complexity index is 1440. The number of ether oxygens (including phenoxy) is 1. The van der Waals surface area contributed by atoms with Crippen LogP contribution < -0.4 is 16.0 Å². The smallest absolute Gasteiger partial charge is 0.280 e. The molecule has 0 fully saturated rings. The summed E-state index contributed by atoms with van der Waals surface area (Å²) in [6.45, 7) is 0.146. The fourth-order valence-corrected chi connectivity index (χ4v) is 4.00. The number of rotatable bonds is 5. The molecule has 2 aromatic heterocycles. The lowest BCUT2D eigenvalue weighted by Crippen LogP contribution is -2.21. The maximum absolute atomic E-state index is 13.7. The summed E-state index contributed by atoms with van der Waals surface area (Å²) in [5.41, 5.74) is 11.8. The minimum atomic E-state index is -0.194. The largest absolute Gasteiger partial charge is 0.497 e. The molecule has 5 rings (SSSR count). The number of fused-ring (bicyclic) bond motifs is 1. The summed E-state index contributed by atoms with van der Waals surface area (Å²) in [4.78, 5) is 18.6. The molecule has 0 saturated heterocycles. The second-order valence-corrected chi connectivity index (χ2v) is 7.42. The van der Waals surface area contributed by atoms with Crippen LogP contribution >= 0.6 is 0 Å². The number of aromatic amines is 1. The molecule has 3 N–H and O–H groups in total. The third kappa shape index (κ3) is 3.27. The highest BCUT2D eigenvalue weighted by Crippen LogP contribution is 2.34. The molecule has 6 heteroatoms. The van der Waals surface area contributed by atoms with Crippen molar-refractivity contribution in [1.82, 2.24) is 14.6 Å². The molecule has 3 aromatic carbocycles. The fraction of sp³-hybridized carbons (Fsp3) is 0.0769. The summed E-state index contributed by atoms with van der Waals surface area (Å²) in [7, 11) is 1.61. The first kappa shape index (κ1) is 19.8. The van der Waals surface area contributed by atoms with Crippen molar-refractivity contribution in [1.29, 1.82) is 0 Å². The van der Waals surface area contributed by atoms with E-state index in [0.717, 1.165) is 33.7 Å². The number of hydrogen-bond donors (Lipinski definition) is 2. The predicted molar refractivity (Wildman–Crippen MR) is 127 cm³/mol. The summed E-state index contributed by atoms with van der Waals surface area (Å²) >= 11 is 0. The Kier molecular flexibility index (Phi) is 5.05. The Labute approximate surface area is 184 Å². The number of nitrogens with two attached hydrogens (primary N) is 1. The molecule has 0 saturated carbocycles. The van der Waals surface area contributed by atoms with Crippen LogP contribution in [0.5, 0.6) is 5.75 Å². The number of hydrogen-bond acceptors (Lipinski definition) is 4. The van der Waals surface area contributed by atoms with Gasteiger partial charge in [-0.25, -0.2) is 4.98 Å². The Morgan fingerprint density at radius 2 is 1.44 bits per heavy atom. The van der Waals surface area contributed by atoms with Gasteiger partial charge in [0.1, 0.15) is 5.75 Å². The van der Waals surface area contributed by atoms with Crippen molar-refractivity contribution in [3.8, 4) is 39.3 Å². The van der Waals surface area contributed by atoms with Gasteiger partial charge in [-0.15, -0.1) is 0 Å². The molecule has 0 bridgehead atoms. The Balaban J connectivity index is 1.84. The minimum Gasteiger partial charge on any atom is -0.497 e. The standard InChI is InChI=1S/C26H22N4O2/c1-32-20-14-12-18(13-15-20)22-21(16-27)28-25-23(17-8-4-2-5-9-17)24(29-30(25)26(22)31)19-10-6-3-7-11-19/h2-15,29H,16,27H2,1H3. The monoisotopic (exact) mass is 422 g/mol. The van der Waals surface area contributed by atoms with Crippen molar-refractivity contribution >= 4 is 5.65 Å². The van der Waals surface area contributed by atoms with Gasteiger partial charge in [-0.1, -0.05) is 72.8 Å². The van der Waals surface area contributed by atoms with Crippen LogP contribution in [0, 0.1) is 0 Å². The summed E-state index contributed by atoms with van der Waals surface area (Å²) < 4.78 is 6.77. The van der Waals surface area contributed by atoms with Crippen molar-refractivity contribution in [3.63, 3.8) is 0 Å². The second-order valence-electron chi connectivity index (χ2n) is 7.42. The van der Waals surface area contributed by atoms with E-state index >= 15 is 0 Å². The number of H-pyrrole nitrogens is 1. The molecule has 32 heavy (non-hydrogen) atoms. The molecule has 0 amide bonds. The maximum atomic E-state index is 13.7. The van der Waals surface area contributed by atoms with E-state index in [2.05, 4.69) is 5.10 Å². The highest BCUT2D eigenvalue weighted by molar-refractivity contribution is 5.91. The molecular formula is C26H22N4O2. The summed E-state index contributed by atoms with van der Waals surface area (Å²) in [5.74, 6) is 0.717. The van der Waals surface area contributed by atoms with Crippen LogP contribution in [-0.4, -0.2) is 21.7 Å². The van der Waals surface area contributed by atoms with Crippen LogP contribution in [-0.2, 0) is 6.54 Å². The quantitative estimate of drug-likeness (QED) is 0.437. The van der Waals surface area contributed by atoms with Crippen molar-refractivity contribution in [2.45, 2.75) is 6.54 Å². The van der Waals surface area contributed by atoms with Crippen LogP contribution in [0.15, 0.2) is 89.7 Å². The molecule has 2 heterocycles. The third-order valence-corrected chi connectivity index (χ3v) is 5.55. The first-order chi connectivity index (χ1) is 15.7. The third-order valence-electron chi connectivity index (χ3n) is 5.55. The van der Waals surface area contributed by atoms with E-state index in [1.165, 1.54) is 4.52 Å². The van der Waals surface area contributed by atoms with Gasteiger partial charge in [-0.3, -0.25) is 9.89 Å². The normalized spacial score (nSPS) is 11.1. The first-order valence-electron chi connectivity index (χ1n) is 10.3. The molecule has 0 aliphatic heterocycles. The number of nitrogens with zero attached hydrogens (tertiary/aromatic N) is 2. The molecule has 0 aliphatic rings. The lowest BCUT2D eigenvalue weighted by molar-refractivity contribution is 0.415. The van der Waals surface area contributed by atoms with Gasteiger partial charge in [0.2, 0.25) is 0 Å². The van der Waals surface area contributed by atoms with Gasteiger partial charge in [0.15, 0.2) is 5.65 Å². The fourth-order valence-electron chi connectivity index (χ4n) is 4.00. The number of methoxy groups -OCH3 is 1. The Morgan fingerprint density at radius 1 is 0.844 bits per heavy atom. The Morgan fingerprint density at radius 3 is 2.03 bits per heavy atom. The topological polar surface area (TPSA) is 85.4 Å². The SMILES string of the molecule is COc1ccc(-c2c(CN)nc3c(-c4ccccc4)c(-c4ccccc4)[nH]n3c2=O)cc1. The van der Waals surface area contributed by atoms with Gasteiger partial charge in [-0.2, -0.15) is 4.52 Å². The van der Waals surface area contributed by atoms with Crippen LogP contribution in [0.1, 0.15) is 5.69 Å². The van der Waals surface area contributed by atoms with Gasteiger partial charge in [-0.05, 0) is 23.3 Å². The van der Waals surface area contributed by atoms with Crippen LogP contribution in [0.25, 0.3) is 39.2 Å². The van der Waals surface area contributed by atoms with E-state index in [9.17, 15) is 4.79 Å². The summed E-state index contributed by atoms with van der Waals surface area (Å²) in [6, 6.07) is 27.2. The average molecular weight is 422 g/mol. The minimum absolute atomic E-state index is 0.146. The van der Waals surface area contributed by atoms with E-state index in [0.29, 0.717) is 16.9 Å². The van der Waals surface area contributed by atoms with Gasteiger partial charge < -0.3 is 10.5 Å². The van der Waals surface area contributed by atoms with E-state index in [-0.39, 0.29) is 12.1 Å². The van der Waals surface area contributed by atoms with Crippen molar-refractivity contribution in [3.05, 3.63) is 101 Å². The van der Waals surface area contributed by atoms with Crippen LogP contribution in [0.4, 0.5) is 0 Å². The van der Waals surface area contributed by atoms with Gasteiger partial charge >= 0.3 is 0 Å². The zero-order valence-electron chi connectivity index (χ0n) is 17.6. The molecule has 158 valence electrons. The molecular weight excluding hydrogens is 400 g/mol. The molecule has 6 nitrogen and oxygen atoms in total. The molecule has 0 atom stereocenters. The molecule has 0 aliphatic carbocycles. The lowest BCUT2D eigenvalue weighted by Gasteiger charge is -2.09. The van der Waals surface area contributed by atoms with E-state index in [4.69, 9.17) is 15.5 Å². The van der Waals surface area contributed by atoms with Crippen molar-refractivity contribution in [2.75, 3.05) is 7.11 Å². The zero-order valence-corrected chi connectivity index (χ0v) is 17.6. The lowest BCUT2D eigenvalue weighted by atomic mass is 10.0. The highest BCUT2D eigenvalue weighted by Gasteiger charge is 2.22. The zero-order chi connectivity index (χ0) is 22.1. The number of benzene rings is 3. The predicted octanol–water partition coefficient (Wildman–Crippen LogP) is 4.49. The van der Waals surface area contributed by atoms with E-state index < -0.39 is 0 Å². The van der Waals surface area contributed by atoms with Crippen molar-refractivity contribution < 1.29 is 4.74 Å². The van der Waals surface area contributed by atoms with Crippen LogP contribution in [0.3, 0.4) is 0 Å². The number of aromatic nitrogens is 3. The molecule has 0 radical (unpaired) electrons.